The van der Waals surface area contributed by atoms with Crippen molar-refractivity contribution in [2.75, 3.05) is 6.54 Å². The van der Waals surface area contributed by atoms with Gasteiger partial charge in [0.15, 0.2) is 0 Å². The maximum absolute atomic E-state index is 4.77. The number of imidazole rings is 1. The summed E-state index contributed by atoms with van der Waals surface area (Å²) in [6, 6.07) is 8.55. The van der Waals surface area contributed by atoms with Crippen molar-refractivity contribution in [3.63, 3.8) is 0 Å². The third-order valence-electron chi connectivity index (χ3n) is 4.37. The van der Waals surface area contributed by atoms with Crippen LogP contribution in [0.3, 0.4) is 0 Å². The number of nitrogens with one attached hydrogen (secondary N) is 2. The van der Waals surface area contributed by atoms with Gasteiger partial charge in [-0.1, -0.05) is 38.1 Å². The van der Waals surface area contributed by atoms with Crippen LogP contribution in [0, 0.1) is 11.8 Å². The van der Waals surface area contributed by atoms with Gasteiger partial charge in [0.2, 0.25) is 0 Å². The van der Waals surface area contributed by atoms with Crippen LogP contribution in [-0.4, -0.2) is 16.5 Å². The quantitative estimate of drug-likeness (QED) is 0.807. The monoisotopic (exact) mass is 283 g/mol. The number of benzene rings is 1. The summed E-state index contributed by atoms with van der Waals surface area (Å²) in [5.74, 6) is 2.35. The molecular weight excluding hydrogens is 258 g/mol. The van der Waals surface area contributed by atoms with E-state index in [1.54, 1.807) is 0 Å². The molecule has 1 aliphatic rings. The lowest BCUT2D eigenvalue weighted by molar-refractivity contribution is 0.347. The van der Waals surface area contributed by atoms with Crippen molar-refractivity contribution in [1.29, 1.82) is 0 Å². The van der Waals surface area contributed by atoms with Gasteiger partial charge in [0, 0.05) is 0 Å². The Labute approximate surface area is 126 Å². The van der Waals surface area contributed by atoms with E-state index in [-0.39, 0.29) is 0 Å². The van der Waals surface area contributed by atoms with Gasteiger partial charge in [0.25, 0.3) is 0 Å². The second-order valence-electron chi connectivity index (χ2n) is 6.42. The van der Waals surface area contributed by atoms with Crippen LogP contribution >= 0.6 is 0 Å². The fourth-order valence-electron chi connectivity index (χ4n) is 3.10. The minimum absolute atomic E-state index is 0.295. The highest BCUT2D eigenvalue weighted by atomic mass is 15.0. The first kappa shape index (κ1) is 14.3. The molecule has 3 rings (SSSR count). The maximum atomic E-state index is 4.77. The van der Waals surface area contributed by atoms with E-state index in [4.69, 9.17) is 4.98 Å². The van der Waals surface area contributed by atoms with Gasteiger partial charge in [-0.05, 0) is 49.8 Å². The summed E-state index contributed by atoms with van der Waals surface area (Å²) in [6.45, 7) is 5.58. The molecule has 0 spiro atoms. The fraction of sp³-hybridized carbons (Fsp3) is 0.500. The molecule has 1 heterocycles. The molecule has 0 fully saturated rings. The standard InChI is InChI=1S/C18H25N3/c1-13(2)17(19-12-14-8-4-3-5-9-14)18-20-15-10-6-7-11-16(15)21-18/h3-4,6-7,10-11,13-14,17,19H,5,8-9,12H2,1-2H3,(H,20,21)/t14-,17+/m0/s1. The molecule has 1 aliphatic carbocycles. The molecule has 1 aromatic carbocycles. The van der Waals surface area contributed by atoms with Crippen molar-refractivity contribution in [3.8, 4) is 0 Å². The number of allylic oxidation sites excluding steroid dienone is 2. The zero-order chi connectivity index (χ0) is 14.7. The summed E-state index contributed by atoms with van der Waals surface area (Å²) in [5.41, 5.74) is 2.18. The maximum Gasteiger partial charge on any atom is 0.124 e. The summed E-state index contributed by atoms with van der Waals surface area (Å²) < 4.78 is 0. The van der Waals surface area contributed by atoms with Gasteiger partial charge in [-0.25, -0.2) is 4.98 Å². The van der Waals surface area contributed by atoms with Gasteiger partial charge in [-0.2, -0.15) is 0 Å². The van der Waals surface area contributed by atoms with E-state index in [0.29, 0.717) is 12.0 Å². The zero-order valence-electron chi connectivity index (χ0n) is 13.0. The Balaban J connectivity index is 1.72. The summed E-state index contributed by atoms with van der Waals surface area (Å²) in [6.07, 6.45) is 8.35. The number of hydrogen-bond donors (Lipinski definition) is 2. The third kappa shape index (κ3) is 3.35. The van der Waals surface area contributed by atoms with Crippen LogP contribution in [0.15, 0.2) is 36.4 Å². The van der Waals surface area contributed by atoms with Crippen molar-refractivity contribution in [2.24, 2.45) is 11.8 Å². The molecule has 1 aromatic heterocycles. The lowest BCUT2D eigenvalue weighted by Crippen LogP contribution is -2.31. The Hall–Kier alpha value is -1.61. The normalized spacial score (nSPS) is 20.2. The van der Waals surface area contributed by atoms with E-state index in [1.165, 1.54) is 19.3 Å². The first-order valence-electron chi connectivity index (χ1n) is 8.07. The van der Waals surface area contributed by atoms with E-state index in [0.717, 1.165) is 29.3 Å². The molecule has 2 atom stereocenters. The molecule has 3 heteroatoms. The van der Waals surface area contributed by atoms with Crippen LogP contribution < -0.4 is 5.32 Å². The number of aromatic nitrogens is 2. The molecule has 3 nitrogen and oxygen atoms in total. The first-order chi connectivity index (χ1) is 10.2. The van der Waals surface area contributed by atoms with Crippen LogP contribution in [0.4, 0.5) is 0 Å². The molecule has 21 heavy (non-hydrogen) atoms. The van der Waals surface area contributed by atoms with E-state index in [9.17, 15) is 0 Å². The Morgan fingerprint density at radius 3 is 2.86 bits per heavy atom. The van der Waals surface area contributed by atoms with Crippen LogP contribution in [0.5, 0.6) is 0 Å². The van der Waals surface area contributed by atoms with Gasteiger partial charge in [0.1, 0.15) is 5.82 Å². The van der Waals surface area contributed by atoms with Crippen molar-refractivity contribution in [1.82, 2.24) is 15.3 Å². The topological polar surface area (TPSA) is 40.7 Å². The number of rotatable bonds is 5. The number of fused-ring (bicyclic) bond motifs is 1. The van der Waals surface area contributed by atoms with Gasteiger partial charge in [-0.3, -0.25) is 0 Å². The largest absolute Gasteiger partial charge is 0.341 e. The van der Waals surface area contributed by atoms with Crippen LogP contribution in [0.25, 0.3) is 11.0 Å². The molecule has 2 aromatic rings. The van der Waals surface area contributed by atoms with E-state index < -0.39 is 0 Å². The average molecular weight is 283 g/mol. The summed E-state index contributed by atoms with van der Waals surface area (Å²) in [7, 11) is 0. The van der Waals surface area contributed by atoms with Crippen LogP contribution in [0.2, 0.25) is 0 Å². The van der Waals surface area contributed by atoms with Crippen molar-refractivity contribution < 1.29 is 0 Å². The molecule has 0 radical (unpaired) electrons. The second kappa shape index (κ2) is 6.44. The van der Waals surface area contributed by atoms with Crippen LogP contribution in [0.1, 0.15) is 45.0 Å². The van der Waals surface area contributed by atoms with Crippen molar-refractivity contribution >= 4 is 11.0 Å². The molecule has 2 N–H and O–H groups in total. The van der Waals surface area contributed by atoms with E-state index in [1.807, 2.05) is 6.07 Å². The Kier molecular flexibility index (Phi) is 4.39. The molecule has 0 saturated carbocycles. The minimum Gasteiger partial charge on any atom is -0.341 e. The lowest BCUT2D eigenvalue weighted by atomic mass is 9.93. The van der Waals surface area contributed by atoms with Crippen molar-refractivity contribution in [2.45, 2.75) is 39.2 Å². The molecule has 0 saturated heterocycles. The third-order valence-corrected chi connectivity index (χ3v) is 4.37. The minimum atomic E-state index is 0.295. The number of hydrogen-bond acceptors (Lipinski definition) is 2. The number of para-hydroxylation sites is 2. The smallest absolute Gasteiger partial charge is 0.124 e. The fourth-order valence-corrected chi connectivity index (χ4v) is 3.10. The molecule has 0 unspecified atom stereocenters. The van der Waals surface area contributed by atoms with E-state index >= 15 is 0 Å². The zero-order valence-corrected chi connectivity index (χ0v) is 13.0. The Morgan fingerprint density at radius 2 is 2.14 bits per heavy atom. The average Bonchev–Trinajstić information content (AvgIpc) is 2.91. The summed E-state index contributed by atoms with van der Waals surface area (Å²) >= 11 is 0. The van der Waals surface area contributed by atoms with Gasteiger partial charge < -0.3 is 10.3 Å². The highest BCUT2D eigenvalue weighted by Gasteiger charge is 2.20. The highest BCUT2D eigenvalue weighted by molar-refractivity contribution is 5.74. The number of H-pyrrole nitrogens is 1. The van der Waals surface area contributed by atoms with Gasteiger partial charge in [0.05, 0.1) is 17.1 Å². The predicted molar refractivity (Wildman–Crippen MR) is 88.2 cm³/mol. The van der Waals surface area contributed by atoms with E-state index in [2.05, 4.69) is 54.5 Å². The molecular formula is C18H25N3. The molecule has 0 amide bonds. The summed E-state index contributed by atoms with van der Waals surface area (Å²) in [4.78, 5) is 8.24. The first-order valence-corrected chi connectivity index (χ1v) is 8.07. The highest BCUT2D eigenvalue weighted by Crippen LogP contribution is 2.24. The number of aromatic amines is 1. The SMILES string of the molecule is CC(C)[C@@H](NC[C@H]1CC=CCC1)c1nc2ccccc2[nH]1. The predicted octanol–water partition coefficient (Wildman–Crippen LogP) is 4.21. The van der Waals surface area contributed by atoms with Crippen LogP contribution in [-0.2, 0) is 0 Å². The van der Waals surface area contributed by atoms with Crippen molar-refractivity contribution in [3.05, 3.63) is 42.2 Å². The Morgan fingerprint density at radius 1 is 1.29 bits per heavy atom. The van der Waals surface area contributed by atoms with Gasteiger partial charge >= 0.3 is 0 Å². The molecule has 0 aliphatic heterocycles. The second-order valence-corrected chi connectivity index (χ2v) is 6.42. The summed E-state index contributed by atoms with van der Waals surface area (Å²) in [5, 5.41) is 3.74. The molecule has 0 bridgehead atoms. The Bertz CT molecular complexity index is 579. The number of nitrogens with zero attached hydrogens (tertiary/aromatic N) is 1. The lowest BCUT2D eigenvalue weighted by Gasteiger charge is -2.25. The van der Waals surface area contributed by atoms with Gasteiger partial charge in [-0.15, -0.1) is 0 Å². The molecule has 112 valence electrons.